The topological polar surface area (TPSA) is 0 Å². The van der Waals surface area contributed by atoms with Crippen molar-refractivity contribution in [3.8, 4) is 11.1 Å². The van der Waals surface area contributed by atoms with Crippen LogP contribution in [0.5, 0.6) is 0 Å². The van der Waals surface area contributed by atoms with Gasteiger partial charge in [-0.2, -0.15) is 0 Å². The molecule has 0 heteroatoms. The van der Waals surface area contributed by atoms with Crippen LogP contribution in [0, 0.1) is 0 Å². The monoisotopic (exact) mass is 248 g/mol. The summed E-state index contributed by atoms with van der Waals surface area (Å²) in [5.74, 6) is 0.613. The Morgan fingerprint density at radius 2 is 1.89 bits per heavy atom. The second-order valence-corrected chi connectivity index (χ2v) is 5.47. The van der Waals surface area contributed by atoms with Crippen molar-refractivity contribution in [3.05, 3.63) is 71.8 Å². The highest BCUT2D eigenvalue weighted by molar-refractivity contribution is 5.78. The fourth-order valence-electron chi connectivity index (χ4n) is 3.17. The summed E-state index contributed by atoms with van der Waals surface area (Å²) in [6.45, 7) is 6.17. The van der Waals surface area contributed by atoms with Crippen LogP contribution in [0.4, 0.5) is 0 Å². The molecule has 0 saturated carbocycles. The number of fused-ring (bicyclic) bond motifs is 3. The summed E-state index contributed by atoms with van der Waals surface area (Å²) in [5.41, 5.74) is 7.41. The largest absolute Gasteiger partial charge is 0.103 e. The maximum absolute atomic E-state index is 3.83. The van der Waals surface area contributed by atoms with Gasteiger partial charge in [0.05, 0.1) is 0 Å². The fraction of sp³-hybridized carbons (Fsp3) is 0.263. The lowest BCUT2D eigenvalue weighted by Gasteiger charge is -2.15. The molecule has 19 heavy (non-hydrogen) atoms. The molecule has 3 rings (SSSR count). The molecule has 0 fully saturated rings. The van der Waals surface area contributed by atoms with Gasteiger partial charge in [0.1, 0.15) is 0 Å². The highest BCUT2D eigenvalue weighted by atomic mass is 14.3. The van der Waals surface area contributed by atoms with Crippen molar-refractivity contribution in [3.63, 3.8) is 0 Å². The Morgan fingerprint density at radius 3 is 2.74 bits per heavy atom. The van der Waals surface area contributed by atoms with Gasteiger partial charge >= 0.3 is 0 Å². The van der Waals surface area contributed by atoms with E-state index in [4.69, 9.17) is 0 Å². The highest BCUT2D eigenvalue weighted by Crippen LogP contribution is 2.40. The van der Waals surface area contributed by atoms with Crippen molar-refractivity contribution in [1.29, 1.82) is 0 Å². The Kier molecular flexibility index (Phi) is 3.25. The predicted octanol–water partition coefficient (Wildman–Crippen LogP) is 5.33. The molecule has 1 atom stereocenters. The molecule has 0 aromatic heterocycles. The summed E-state index contributed by atoms with van der Waals surface area (Å²) in [7, 11) is 0. The van der Waals surface area contributed by atoms with E-state index < -0.39 is 0 Å². The van der Waals surface area contributed by atoms with Gasteiger partial charge in [-0.15, -0.1) is 6.58 Å². The quantitative estimate of drug-likeness (QED) is 0.548. The minimum Gasteiger partial charge on any atom is -0.103 e. The average molecular weight is 248 g/mol. The molecule has 1 aliphatic rings. The molecule has 0 radical (unpaired) electrons. The fourth-order valence-corrected chi connectivity index (χ4v) is 3.17. The van der Waals surface area contributed by atoms with E-state index in [0.717, 1.165) is 12.8 Å². The minimum absolute atomic E-state index is 0.613. The maximum atomic E-state index is 3.83. The van der Waals surface area contributed by atoms with E-state index in [0.29, 0.717) is 5.92 Å². The van der Waals surface area contributed by atoms with Crippen molar-refractivity contribution in [1.82, 2.24) is 0 Å². The van der Waals surface area contributed by atoms with Crippen molar-refractivity contribution >= 4 is 0 Å². The SMILES string of the molecule is C=CCCC(C)c1cccc2c1Cc1ccccc1-2. The third-order valence-electron chi connectivity index (χ3n) is 4.22. The Labute approximate surface area is 115 Å². The zero-order valence-electron chi connectivity index (χ0n) is 11.5. The molecule has 2 aromatic rings. The molecule has 0 spiro atoms. The second-order valence-electron chi connectivity index (χ2n) is 5.47. The molecule has 0 nitrogen and oxygen atoms in total. The van der Waals surface area contributed by atoms with E-state index in [1.807, 2.05) is 6.08 Å². The minimum atomic E-state index is 0.613. The van der Waals surface area contributed by atoms with Crippen LogP contribution in [-0.4, -0.2) is 0 Å². The maximum Gasteiger partial charge on any atom is -0.00106 e. The number of allylic oxidation sites excluding steroid dienone is 1. The predicted molar refractivity (Wildman–Crippen MR) is 82.5 cm³/mol. The van der Waals surface area contributed by atoms with Gasteiger partial charge in [-0.3, -0.25) is 0 Å². The average Bonchev–Trinajstić information content (AvgIpc) is 2.83. The standard InChI is InChI=1S/C19H20/c1-3-4-8-14(2)16-11-7-12-18-17-10-6-5-9-15(17)13-19(16)18/h3,5-7,9-12,14H,1,4,8,13H2,2H3. The summed E-state index contributed by atoms with van der Waals surface area (Å²) < 4.78 is 0. The van der Waals surface area contributed by atoms with E-state index in [1.165, 1.54) is 28.7 Å². The van der Waals surface area contributed by atoms with Crippen LogP contribution in [0.1, 0.15) is 42.4 Å². The molecule has 0 saturated heterocycles. The van der Waals surface area contributed by atoms with Crippen molar-refractivity contribution in [2.24, 2.45) is 0 Å². The first-order chi connectivity index (χ1) is 9.31. The van der Waals surface area contributed by atoms with Crippen LogP contribution in [0.2, 0.25) is 0 Å². The van der Waals surface area contributed by atoms with Gasteiger partial charge in [0.25, 0.3) is 0 Å². The summed E-state index contributed by atoms with van der Waals surface area (Å²) in [6, 6.07) is 15.6. The lowest BCUT2D eigenvalue weighted by atomic mass is 9.89. The molecule has 0 N–H and O–H groups in total. The first-order valence-electron chi connectivity index (χ1n) is 7.12. The number of rotatable bonds is 4. The number of hydrogen-bond donors (Lipinski definition) is 0. The zero-order valence-corrected chi connectivity index (χ0v) is 11.5. The van der Waals surface area contributed by atoms with Gasteiger partial charge < -0.3 is 0 Å². The molecule has 2 aromatic carbocycles. The third-order valence-corrected chi connectivity index (χ3v) is 4.22. The van der Waals surface area contributed by atoms with E-state index >= 15 is 0 Å². The molecule has 0 aliphatic heterocycles. The highest BCUT2D eigenvalue weighted by Gasteiger charge is 2.22. The summed E-state index contributed by atoms with van der Waals surface area (Å²) in [4.78, 5) is 0. The van der Waals surface area contributed by atoms with Crippen LogP contribution in [0.25, 0.3) is 11.1 Å². The van der Waals surface area contributed by atoms with Gasteiger partial charge in [0.15, 0.2) is 0 Å². The van der Waals surface area contributed by atoms with Crippen LogP contribution < -0.4 is 0 Å². The van der Waals surface area contributed by atoms with Crippen molar-refractivity contribution < 1.29 is 0 Å². The summed E-state index contributed by atoms with van der Waals surface area (Å²) >= 11 is 0. The van der Waals surface area contributed by atoms with Gasteiger partial charge in [0, 0.05) is 0 Å². The van der Waals surface area contributed by atoms with Crippen LogP contribution >= 0.6 is 0 Å². The first kappa shape index (κ1) is 12.2. The summed E-state index contributed by atoms with van der Waals surface area (Å²) in [6.07, 6.45) is 5.41. The molecule has 96 valence electrons. The number of benzene rings is 2. The smallest absolute Gasteiger partial charge is 0.00106 e. The molecule has 0 heterocycles. The molecular weight excluding hydrogens is 228 g/mol. The summed E-state index contributed by atoms with van der Waals surface area (Å²) in [5, 5.41) is 0. The number of hydrogen-bond acceptors (Lipinski definition) is 0. The van der Waals surface area contributed by atoms with Crippen molar-refractivity contribution in [2.75, 3.05) is 0 Å². The molecule has 1 unspecified atom stereocenters. The third kappa shape index (κ3) is 2.12. The van der Waals surface area contributed by atoms with E-state index in [2.05, 4.69) is 56.0 Å². The molecule has 0 bridgehead atoms. The Bertz CT molecular complexity index is 607. The van der Waals surface area contributed by atoms with E-state index in [1.54, 1.807) is 5.56 Å². The van der Waals surface area contributed by atoms with Crippen LogP contribution in [0.15, 0.2) is 55.1 Å². The van der Waals surface area contributed by atoms with Crippen molar-refractivity contribution in [2.45, 2.75) is 32.1 Å². The lowest BCUT2D eigenvalue weighted by molar-refractivity contribution is 0.686. The van der Waals surface area contributed by atoms with Gasteiger partial charge in [0.2, 0.25) is 0 Å². The van der Waals surface area contributed by atoms with E-state index in [-0.39, 0.29) is 0 Å². The Hall–Kier alpha value is -1.82. The van der Waals surface area contributed by atoms with Crippen LogP contribution in [-0.2, 0) is 6.42 Å². The van der Waals surface area contributed by atoms with E-state index in [9.17, 15) is 0 Å². The Balaban J connectivity index is 2.01. The molecular formula is C19H20. The Morgan fingerprint density at radius 1 is 1.11 bits per heavy atom. The zero-order chi connectivity index (χ0) is 13.2. The van der Waals surface area contributed by atoms with Gasteiger partial charge in [-0.05, 0) is 53.0 Å². The first-order valence-corrected chi connectivity index (χ1v) is 7.12. The molecule has 1 aliphatic carbocycles. The second kappa shape index (κ2) is 5.05. The molecule has 0 amide bonds. The normalized spacial score (nSPS) is 13.7. The van der Waals surface area contributed by atoms with Crippen LogP contribution in [0.3, 0.4) is 0 Å². The lowest BCUT2D eigenvalue weighted by Crippen LogP contribution is -1.98. The van der Waals surface area contributed by atoms with Gasteiger partial charge in [-0.25, -0.2) is 0 Å². The van der Waals surface area contributed by atoms with Gasteiger partial charge in [-0.1, -0.05) is 55.5 Å².